The summed E-state index contributed by atoms with van der Waals surface area (Å²) >= 11 is 0. The molecule has 0 saturated heterocycles. The van der Waals surface area contributed by atoms with Gasteiger partial charge in [0, 0.05) is 18.9 Å². The van der Waals surface area contributed by atoms with E-state index in [1.54, 1.807) is 43.6 Å². The minimum Gasteiger partial charge on any atom is -0.503 e. The maximum atomic E-state index is 12.6. The van der Waals surface area contributed by atoms with Crippen molar-refractivity contribution in [2.24, 2.45) is 0 Å². The molecule has 1 atom stereocenters. The lowest BCUT2D eigenvalue weighted by molar-refractivity contribution is -0.129. The van der Waals surface area contributed by atoms with Crippen molar-refractivity contribution >= 4 is 17.8 Å². The fourth-order valence-electron chi connectivity index (χ4n) is 2.75. The summed E-state index contributed by atoms with van der Waals surface area (Å²) < 4.78 is 5.14. The van der Waals surface area contributed by atoms with Gasteiger partial charge in [-0.15, -0.1) is 0 Å². The van der Waals surface area contributed by atoms with E-state index < -0.39 is 23.5 Å². The van der Waals surface area contributed by atoms with Crippen LogP contribution in [0.3, 0.4) is 0 Å². The molecule has 0 aliphatic carbocycles. The molecule has 1 aliphatic rings. The van der Waals surface area contributed by atoms with Crippen molar-refractivity contribution in [1.29, 1.82) is 0 Å². The molecule has 1 unspecified atom stereocenters. The van der Waals surface area contributed by atoms with E-state index in [9.17, 15) is 14.7 Å². The van der Waals surface area contributed by atoms with E-state index in [2.05, 4.69) is 4.98 Å². The molecule has 1 N–H and O–H groups in total. The van der Waals surface area contributed by atoms with Gasteiger partial charge in [-0.2, -0.15) is 0 Å². The van der Waals surface area contributed by atoms with Gasteiger partial charge in [0.05, 0.1) is 17.9 Å². The van der Waals surface area contributed by atoms with Crippen LogP contribution in [-0.2, 0) is 9.59 Å². The Bertz CT molecular complexity index is 807. The normalized spacial score (nSPS) is 18.0. The molecule has 122 valence electrons. The smallest absolute Gasteiger partial charge is 0.290 e. The number of carbonyl (C=O) groups excluding carboxylic acids is 2. The van der Waals surface area contributed by atoms with Crippen molar-refractivity contribution in [1.82, 2.24) is 9.88 Å². The van der Waals surface area contributed by atoms with Gasteiger partial charge >= 0.3 is 0 Å². The van der Waals surface area contributed by atoms with Gasteiger partial charge in [-0.25, -0.2) is 0 Å². The van der Waals surface area contributed by atoms with Gasteiger partial charge in [0.2, 0.25) is 0 Å². The first kappa shape index (κ1) is 15.7. The third-order valence-electron chi connectivity index (χ3n) is 3.85. The van der Waals surface area contributed by atoms with Crippen molar-refractivity contribution in [3.63, 3.8) is 0 Å². The van der Waals surface area contributed by atoms with E-state index in [4.69, 9.17) is 4.42 Å². The summed E-state index contributed by atoms with van der Waals surface area (Å²) in [7, 11) is 0. The van der Waals surface area contributed by atoms with E-state index in [0.717, 1.165) is 0 Å². The minimum absolute atomic E-state index is 0.0534. The lowest BCUT2D eigenvalue weighted by Gasteiger charge is -2.24. The molecule has 6 heteroatoms. The number of aromatic nitrogens is 1. The third kappa shape index (κ3) is 2.74. The van der Waals surface area contributed by atoms with Crippen molar-refractivity contribution in [3.05, 3.63) is 71.7 Å². The van der Waals surface area contributed by atoms with Crippen LogP contribution in [0.5, 0.6) is 0 Å². The number of ketones is 1. The van der Waals surface area contributed by atoms with E-state index in [1.165, 1.54) is 23.3 Å². The summed E-state index contributed by atoms with van der Waals surface area (Å²) in [5.41, 5.74) is 0.726. The second-order valence-electron chi connectivity index (χ2n) is 5.26. The van der Waals surface area contributed by atoms with Crippen LogP contribution in [0.15, 0.2) is 64.7 Å². The number of amides is 1. The number of hydrogen-bond donors (Lipinski definition) is 1. The summed E-state index contributed by atoms with van der Waals surface area (Å²) in [5.74, 6) is -0.999. The predicted octanol–water partition coefficient (Wildman–Crippen LogP) is 2.67. The fraction of sp³-hybridized carbons (Fsp3) is 0.167. The molecule has 2 aromatic heterocycles. The van der Waals surface area contributed by atoms with Gasteiger partial charge in [0.25, 0.3) is 5.91 Å². The zero-order chi connectivity index (χ0) is 17.1. The van der Waals surface area contributed by atoms with Crippen LogP contribution < -0.4 is 0 Å². The van der Waals surface area contributed by atoms with E-state index in [-0.39, 0.29) is 5.57 Å². The Balaban J connectivity index is 1.99. The van der Waals surface area contributed by atoms with Crippen LogP contribution in [-0.4, -0.2) is 33.2 Å². The number of aliphatic hydroxyl groups is 1. The molecule has 6 nitrogen and oxygen atoms in total. The Morgan fingerprint density at radius 1 is 1.42 bits per heavy atom. The molecule has 2 aromatic rings. The predicted molar refractivity (Wildman–Crippen MR) is 86.8 cm³/mol. The standard InChI is InChI=1S/C18H16N2O4/c1-2-20-16(12-5-3-9-19-11-12)15(17(22)18(20)23)14(21)8-7-13-6-4-10-24-13/h3-11,16,22H,2H2,1H3/b8-7+. The highest BCUT2D eigenvalue weighted by Gasteiger charge is 2.42. The van der Waals surface area contributed by atoms with Crippen LogP contribution in [0.25, 0.3) is 6.08 Å². The van der Waals surface area contributed by atoms with Gasteiger partial charge in [0.15, 0.2) is 11.5 Å². The highest BCUT2D eigenvalue weighted by atomic mass is 16.3. The molecule has 0 saturated carbocycles. The molecule has 1 amide bonds. The fourth-order valence-corrected chi connectivity index (χ4v) is 2.75. The Morgan fingerprint density at radius 3 is 2.88 bits per heavy atom. The summed E-state index contributed by atoms with van der Waals surface area (Å²) in [4.78, 5) is 30.4. The Hall–Kier alpha value is -3.15. The van der Waals surface area contributed by atoms with Crippen LogP contribution in [0.4, 0.5) is 0 Å². The van der Waals surface area contributed by atoms with E-state index in [1.807, 2.05) is 0 Å². The largest absolute Gasteiger partial charge is 0.503 e. The first-order valence-corrected chi connectivity index (χ1v) is 7.53. The summed E-state index contributed by atoms with van der Waals surface area (Å²) in [5, 5.41) is 10.2. The molecular formula is C18H16N2O4. The average molecular weight is 324 g/mol. The van der Waals surface area contributed by atoms with Crippen LogP contribution in [0, 0.1) is 0 Å². The average Bonchev–Trinajstić information content (AvgIpc) is 3.21. The summed E-state index contributed by atoms with van der Waals surface area (Å²) in [6.45, 7) is 2.15. The quantitative estimate of drug-likeness (QED) is 0.855. The third-order valence-corrected chi connectivity index (χ3v) is 3.85. The summed E-state index contributed by atoms with van der Waals surface area (Å²) in [6, 6.07) is 6.26. The molecule has 0 spiro atoms. The van der Waals surface area contributed by atoms with Gasteiger partial charge in [-0.05, 0) is 42.8 Å². The highest BCUT2D eigenvalue weighted by Crippen LogP contribution is 2.37. The Labute approximate surface area is 138 Å². The number of hydrogen-bond acceptors (Lipinski definition) is 5. The lowest BCUT2D eigenvalue weighted by atomic mass is 9.97. The van der Waals surface area contributed by atoms with Crippen LogP contribution in [0.1, 0.15) is 24.3 Å². The zero-order valence-electron chi connectivity index (χ0n) is 13.0. The van der Waals surface area contributed by atoms with Crippen molar-refractivity contribution in [2.45, 2.75) is 13.0 Å². The number of furan rings is 1. The molecule has 3 rings (SSSR count). The molecule has 1 aliphatic heterocycles. The number of pyridine rings is 1. The number of rotatable bonds is 5. The van der Waals surface area contributed by atoms with Crippen LogP contribution in [0.2, 0.25) is 0 Å². The zero-order valence-corrected chi connectivity index (χ0v) is 13.0. The lowest BCUT2D eigenvalue weighted by Crippen LogP contribution is -2.30. The first-order chi connectivity index (χ1) is 11.6. The Morgan fingerprint density at radius 2 is 2.25 bits per heavy atom. The highest BCUT2D eigenvalue weighted by molar-refractivity contribution is 6.14. The maximum absolute atomic E-state index is 12.6. The van der Waals surface area contributed by atoms with E-state index in [0.29, 0.717) is 17.9 Å². The van der Waals surface area contributed by atoms with Gasteiger partial charge in [-0.3, -0.25) is 14.6 Å². The van der Waals surface area contributed by atoms with Crippen LogP contribution >= 0.6 is 0 Å². The van der Waals surface area contributed by atoms with E-state index >= 15 is 0 Å². The topological polar surface area (TPSA) is 83.6 Å². The SMILES string of the molecule is CCN1C(=O)C(O)=C(C(=O)/C=C/c2ccco2)C1c1cccnc1. The maximum Gasteiger partial charge on any atom is 0.290 e. The molecule has 0 radical (unpaired) electrons. The monoisotopic (exact) mass is 324 g/mol. The summed E-state index contributed by atoms with van der Waals surface area (Å²) in [6.07, 6.45) is 7.49. The van der Waals surface area contributed by atoms with Gasteiger partial charge < -0.3 is 14.4 Å². The first-order valence-electron chi connectivity index (χ1n) is 7.53. The second-order valence-corrected chi connectivity index (χ2v) is 5.26. The Kier molecular flexibility index (Phi) is 4.29. The minimum atomic E-state index is -0.648. The van der Waals surface area contributed by atoms with Crippen molar-refractivity contribution in [3.8, 4) is 0 Å². The van der Waals surface area contributed by atoms with Crippen molar-refractivity contribution < 1.29 is 19.1 Å². The number of nitrogens with zero attached hydrogens (tertiary/aromatic N) is 2. The van der Waals surface area contributed by atoms with Gasteiger partial charge in [0.1, 0.15) is 5.76 Å². The number of aliphatic hydroxyl groups excluding tert-OH is 1. The molecule has 0 aromatic carbocycles. The number of allylic oxidation sites excluding steroid dienone is 1. The van der Waals surface area contributed by atoms with Gasteiger partial charge in [-0.1, -0.05) is 6.07 Å². The second kappa shape index (κ2) is 6.54. The molecule has 0 fully saturated rings. The molecule has 3 heterocycles. The number of carbonyl (C=O) groups is 2. The molecule has 0 bridgehead atoms. The molecular weight excluding hydrogens is 308 g/mol. The van der Waals surface area contributed by atoms with Crippen molar-refractivity contribution in [2.75, 3.05) is 6.54 Å². The molecule has 24 heavy (non-hydrogen) atoms. The number of likely N-dealkylation sites (N-methyl/N-ethyl adjacent to an activating group) is 1.